The van der Waals surface area contributed by atoms with Crippen molar-refractivity contribution in [3.8, 4) is 5.75 Å². The number of amides is 3. The van der Waals surface area contributed by atoms with Crippen molar-refractivity contribution >= 4 is 17.7 Å². The Balaban J connectivity index is 1.77. The Hall–Kier alpha value is -3.83. The van der Waals surface area contributed by atoms with Crippen LogP contribution in [-0.2, 0) is 28.2 Å². The van der Waals surface area contributed by atoms with E-state index in [1.54, 1.807) is 0 Å². The lowest BCUT2D eigenvalue weighted by Gasteiger charge is -2.44. The molecule has 2 bridgehead atoms. The van der Waals surface area contributed by atoms with Crippen LogP contribution in [0.3, 0.4) is 0 Å². The standard InChI is InChI=1S/C23H25F2N5O5/c1-26-18(33)20(35)29(2)23-9-7-22(25,8-10-23)12-30-19(34)16(31)15(28-21(23)30)17(32)27-11-13-3-5-14(24)6-4-13/h3-6,31H,7-12H2,1-2H3,(H,26,33)(H,27,32). The zero-order valence-corrected chi connectivity index (χ0v) is 19.2. The number of aromatic hydroxyl groups is 1. The summed E-state index contributed by atoms with van der Waals surface area (Å²) in [4.78, 5) is 56.2. The summed E-state index contributed by atoms with van der Waals surface area (Å²) < 4.78 is 29.6. The summed E-state index contributed by atoms with van der Waals surface area (Å²) in [6.07, 6.45) is 0.120. The molecule has 3 aliphatic rings. The Morgan fingerprint density at radius 3 is 2.40 bits per heavy atom. The van der Waals surface area contributed by atoms with Gasteiger partial charge < -0.3 is 20.6 Å². The van der Waals surface area contributed by atoms with Crippen LogP contribution in [0.4, 0.5) is 8.78 Å². The highest BCUT2D eigenvalue weighted by molar-refractivity contribution is 6.35. The van der Waals surface area contributed by atoms with Crippen LogP contribution in [0.15, 0.2) is 29.1 Å². The molecule has 3 N–H and O–H groups in total. The molecule has 2 aliphatic heterocycles. The van der Waals surface area contributed by atoms with Gasteiger partial charge in [-0.15, -0.1) is 0 Å². The number of fused-ring (bicyclic) bond motifs is 2. The van der Waals surface area contributed by atoms with Crippen molar-refractivity contribution in [2.45, 2.75) is 50.0 Å². The van der Waals surface area contributed by atoms with E-state index in [0.717, 1.165) is 9.47 Å². The molecule has 1 aromatic heterocycles. The molecule has 1 fully saturated rings. The van der Waals surface area contributed by atoms with E-state index in [9.17, 15) is 28.7 Å². The van der Waals surface area contributed by atoms with Crippen LogP contribution in [0.25, 0.3) is 0 Å². The van der Waals surface area contributed by atoms with E-state index in [4.69, 9.17) is 0 Å². The molecular formula is C23H25F2N5O5. The second-order valence-corrected chi connectivity index (χ2v) is 8.96. The fourth-order valence-corrected chi connectivity index (χ4v) is 4.79. The molecule has 1 saturated carbocycles. The van der Waals surface area contributed by atoms with Gasteiger partial charge in [0.05, 0.1) is 6.54 Å². The quantitative estimate of drug-likeness (QED) is 0.542. The SMILES string of the molecule is CNC(=O)C(=O)N(C)C12CCC(F)(CC1)Cn1c2nc(C(=O)NCc2ccc(F)cc2)c(O)c1=O. The molecule has 0 spiro atoms. The number of benzene rings is 1. The Morgan fingerprint density at radius 2 is 1.80 bits per heavy atom. The summed E-state index contributed by atoms with van der Waals surface area (Å²) in [6.45, 7) is -0.435. The number of aromatic nitrogens is 2. The molecule has 2 aromatic rings. The monoisotopic (exact) mass is 489 g/mol. The summed E-state index contributed by atoms with van der Waals surface area (Å²) in [5, 5.41) is 15.3. The molecule has 5 rings (SSSR count). The zero-order chi connectivity index (χ0) is 25.5. The zero-order valence-electron chi connectivity index (χ0n) is 19.2. The van der Waals surface area contributed by atoms with Gasteiger partial charge >= 0.3 is 11.8 Å². The predicted molar refractivity (Wildman–Crippen MR) is 119 cm³/mol. The Labute approximate surface area is 199 Å². The van der Waals surface area contributed by atoms with Crippen LogP contribution in [-0.4, -0.2) is 57.0 Å². The molecule has 3 heterocycles. The summed E-state index contributed by atoms with van der Waals surface area (Å²) in [7, 11) is 2.66. The van der Waals surface area contributed by atoms with E-state index in [2.05, 4.69) is 15.6 Å². The summed E-state index contributed by atoms with van der Waals surface area (Å²) >= 11 is 0. The number of rotatable bonds is 4. The number of nitrogens with zero attached hydrogens (tertiary/aromatic N) is 3. The second-order valence-electron chi connectivity index (χ2n) is 8.96. The van der Waals surface area contributed by atoms with Crippen molar-refractivity contribution in [1.29, 1.82) is 0 Å². The largest absolute Gasteiger partial charge is 0.501 e. The molecule has 1 aliphatic carbocycles. The lowest BCUT2D eigenvalue weighted by Crippen LogP contribution is -2.54. The van der Waals surface area contributed by atoms with Crippen molar-refractivity contribution in [3.63, 3.8) is 0 Å². The lowest BCUT2D eigenvalue weighted by atomic mass is 9.75. The molecule has 1 aromatic carbocycles. The first-order chi connectivity index (χ1) is 16.5. The topological polar surface area (TPSA) is 134 Å². The van der Waals surface area contributed by atoms with Crippen LogP contribution in [0.1, 0.15) is 47.6 Å². The van der Waals surface area contributed by atoms with Gasteiger partial charge in [0.25, 0.3) is 11.5 Å². The van der Waals surface area contributed by atoms with Crippen LogP contribution in [0.2, 0.25) is 0 Å². The molecule has 12 heteroatoms. The van der Waals surface area contributed by atoms with Crippen LogP contribution in [0, 0.1) is 5.82 Å². The summed E-state index contributed by atoms with van der Waals surface area (Å²) in [6, 6.07) is 5.36. The fourth-order valence-electron chi connectivity index (χ4n) is 4.79. The number of halogens is 2. The van der Waals surface area contributed by atoms with Crippen molar-refractivity contribution < 1.29 is 28.3 Å². The normalized spacial score (nSPS) is 22.6. The number of carbonyl (C=O) groups excluding carboxylic acids is 3. The third-order valence-corrected chi connectivity index (χ3v) is 6.93. The molecule has 3 amide bonds. The maximum Gasteiger partial charge on any atom is 0.312 e. The molecule has 0 atom stereocenters. The van der Waals surface area contributed by atoms with Gasteiger partial charge in [-0.3, -0.25) is 23.7 Å². The van der Waals surface area contributed by atoms with Gasteiger partial charge in [0, 0.05) is 20.6 Å². The minimum atomic E-state index is -1.77. The van der Waals surface area contributed by atoms with Gasteiger partial charge in [-0.05, 0) is 43.4 Å². The highest BCUT2D eigenvalue weighted by Crippen LogP contribution is 2.49. The first-order valence-corrected chi connectivity index (χ1v) is 11.1. The molecule has 186 valence electrons. The van der Waals surface area contributed by atoms with Crippen molar-refractivity contribution in [3.05, 3.63) is 57.5 Å². The number of alkyl halides is 1. The Kier molecular flexibility index (Phi) is 6.07. The Morgan fingerprint density at radius 1 is 1.17 bits per heavy atom. The van der Waals surface area contributed by atoms with Crippen LogP contribution in [0.5, 0.6) is 5.75 Å². The van der Waals surface area contributed by atoms with Gasteiger partial charge in [-0.1, -0.05) is 12.1 Å². The number of hydrogen-bond acceptors (Lipinski definition) is 6. The van der Waals surface area contributed by atoms with Gasteiger partial charge in [0.2, 0.25) is 5.75 Å². The number of likely N-dealkylation sites (N-methyl/N-ethyl adjacent to an activating group) is 2. The van der Waals surface area contributed by atoms with E-state index in [1.165, 1.54) is 38.4 Å². The summed E-state index contributed by atoms with van der Waals surface area (Å²) in [5.41, 5.74) is -4.14. The van der Waals surface area contributed by atoms with E-state index in [1.807, 2.05) is 0 Å². The third-order valence-electron chi connectivity index (χ3n) is 6.93. The van der Waals surface area contributed by atoms with E-state index < -0.39 is 58.3 Å². The van der Waals surface area contributed by atoms with Gasteiger partial charge in [0.15, 0.2) is 5.69 Å². The van der Waals surface area contributed by atoms with Crippen molar-refractivity contribution in [2.75, 3.05) is 14.1 Å². The first kappa shape index (κ1) is 24.3. The molecule has 0 unspecified atom stereocenters. The molecule has 10 nitrogen and oxygen atoms in total. The smallest absolute Gasteiger partial charge is 0.312 e. The minimum absolute atomic E-state index is 0.00593. The predicted octanol–water partition coefficient (Wildman–Crippen LogP) is 0.714. The van der Waals surface area contributed by atoms with Gasteiger partial charge in [0.1, 0.15) is 22.8 Å². The number of carbonyl (C=O) groups is 3. The van der Waals surface area contributed by atoms with Gasteiger partial charge in [-0.2, -0.15) is 0 Å². The third kappa shape index (κ3) is 4.13. The van der Waals surface area contributed by atoms with E-state index >= 15 is 4.39 Å². The highest BCUT2D eigenvalue weighted by atomic mass is 19.1. The number of nitrogens with one attached hydrogen (secondary N) is 2. The molecular weight excluding hydrogens is 464 g/mol. The molecule has 35 heavy (non-hydrogen) atoms. The lowest BCUT2D eigenvalue weighted by molar-refractivity contribution is -0.150. The van der Waals surface area contributed by atoms with Crippen LogP contribution >= 0.6 is 0 Å². The average Bonchev–Trinajstić information content (AvgIpc) is 3.07. The molecule has 0 saturated heterocycles. The minimum Gasteiger partial charge on any atom is -0.501 e. The summed E-state index contributed by atoms with van der Waals surface area (Å²) in [5.74, 6) is -4.14. The van der Waals surface area contributed by atoms with Crippen molar-refractivity contribution in [2.24, 2.45) is 0 Å². The average molecular weight is 489 g/mol. The first-order valence-electron chi connectivity index (χ1n) is 11.1. The molecule has 0 radical (unpaired) electrons. The van der Waals surface area contributed by atoms with Gasteiger partial charge in [-0.25, -0.2) is 13.8 Å². The fraction of sp³-hybridized carbons (Fsp3) is 0.435. The van der Waals surface area contributed by atoms with Crippen LogP contribution < -0.4 is 16.2 Å². The highest BCUT2D eigenvalue weighted by Gasteiger charge is 2.54. The van der Waals surface area contributed by atoms with E-state index in [0.29, 0.717) is 5.56 Å². The second kappa shape index (κ2) is 8.75. The van der Waals surface area contributed by atoms with E-state index in [-0.39, 0.29) is 38.1 Å². The van der Waals surface area contributed by atoms with Crippen molar-refractivity contribution in [1.82, 2.24) is 25.1 Å². The Bertz CT molecular complexity index is 1250. The number of hydrogen-bond donors (Lipinski definition) is 3. The maximum atomic E-state index is 15.5. The maximum absolute atomic E-state index is 15.5.